The molecule has 2 nitrogen and oxygen atoms in total. The smallest absolute Gasteiger partial charge is 0.0315 e. The van der Waals surface area contributed by atoms with Crippen LogP contribution in [0.1, 0.15) is 30.0 Å². The van der Waals surface area contributed by atoms with Gasteiger partial charge in [-0.15, -0.1) is 0 Å². The minimum Gasteiger partial charge on any atom is -0.324 e. The van der Waals surface area contributed by atoms with E-state index in [9.17, 15) is 0 Å². The summed E-state index contributed by atoms with van der Waals surface area (Å²) in [4.78, 5) is 4.09. The van der Waals surface area contributed by atoms with E-state index in [1.807, 2.05) is 24.4 Å². The molecular formula is C15H18N2. The zero-order chi connectivity index (χ0) is 11.9. The fourth-order valence-corrected chi connectivity index (χ4v) is 1.93. The van der Waals surface area contributed by atoms with E-state index in [4.69, 9.17) is 5.73 Å². The van der Waals surface area contributed by atoms with Gasteiger partial charge in [-0.25, -0.2) is 0 Å². The standard InChI is InChI=1S/C15H18N2/c16-15(14-9-5-11-17-12-14)10-4-8-13-6-2-1-3-7-13/h1-3,5-7,9,11-12,15H,4,8,10,16H2. The van der Waals surface area contributed by atoms with Crippen LogP contribution in [0.25, 0.3) is 0 Å². The van der Waals surface area contributed by atoms with Crippen LogP contribution in [-0.4, -0.2) is 4.98 Å². The van der Waals surface area contributed by atoms with Crippen molar-refractivity contribution in [2.75, 3.05) is 0 Å². The first-order valence-corrected chi connectivity index (χ1v) is 6.05. The lowest BCUT2D eigenvalue weighted by atomic mass is 10.0. The summed E-state index contributed by atoms with van der Waals surface area (Å²) in [6.07, 6.45) is 6.84. The summed E-state index contributed by atoms with van der Waals surface area (Å²) in [5.41, 5.74) is 8.63. The Morgan fingerprint density at radius 3 is 2.59 bits per heavy atom. The van der Waals surface area contributed by atoms with Gasteiger partial charge in [0.25, 0.3) is 0 Å². The number of aromatic nitrogens is 1. The van der Waals surface area contributed by atoms with Crippen LogP contribution in [0.2, 0.25) is 0 Å². The lowest BCUT2D eigenvalue weighted by Gasteiger charge is -2.11. The van der Waals surface area contributed by atoms with Crippen molar-refractivity contribution in [3.8, 4) is 0 Å². The zero-order valence-corrected chi connectivity index (χ0v) is 9.92. The summed E-state index contributed by atoms with van der Waals surface area (Å²) in [7, 11) is 0. The molecule has 0 amide bonds. The normalized spacial score (nSPS) is 12.3. The van der Waals surface area contributed by atoms with Gasteiger partial charge in [-0.1, -0.05) is 36.4 Å². The van der Waals surface area contributed by atoms with Crippen LogP contribution in [0.15, 0.2) is 54.9 Å². The first kappa shape index (κ1) is 11.8. The van der Waals surface area contributed by atoms with Crippen molar-refractivity contribution < 1.29 is 0 Å². The predicted molar refractivity (Wildman–Crippen MR) is 70.5 cm³/mol. The summed E-state index contributed by atoms with van der Waals surface area (Å²) in [6.45, 7) is 0. The lowest BCUT2D eigenvalue weighted by molar-refractivity contribution is 0.610. The van der Waals surface area contributed by atoms with Gasteiger partial charge in [0.15, 0.2) is 0 Å². The number of benzene rings is 1. The third-order valence-electron chi connectivity index (χ3n) is 2.94. The van der Waals surface area contributed by atoms with E-state index in [1.165, 1.54) is 5.56 Å². The Balaban J connectivity index is 1.79. The van der Waals surface area contributed by atoms with E-state index in [1.54, 1.807) is 6.20 Å². The zero-order valence-electron chi connectivity index (χ0n) is 9.92. The molecule has 1 aromatic heterocycles. The number of rotatable bonds is 5. The molecule has 0 aliphatic carbocycles. The van der Waals surface area contributed by atoms with Gasteiger partial charge in [-0.05, 0) is 36.5 Å². The third kappa shape index (κ3) is 3.68. The number of nitrogens with zero attached hydrogens (tertiary/aromatic N) is 1. The SMILES string of the molecule is NC(CCCc1ccccc1)c1cccnc1. The highest BCUT2D eigenvalue weighted by atomic mass is 14.7. The molecule has 1 unspecified atom stereocenters. The third-order valence-corrected chi connectivity index (χ3v) is 2.94. The van der Waals surface area contributed by atoms with Crippen LogP contribution in [-0.2, 0) is 6.42 Å². The van der Waals surface area contributed by atoms with Crippen molar-refractivity contribution in [1.82, 2.24) is 4.98 Å². The Morgan fingerprint density at radius 1 is 1.06 bits per heavy atom. The average Bonchev–Trinajstić information content (AvgIpc) is 2.41. The maximum atomic E-state index is 6.12. The second-order valence-electron chi connectivity index (χ2n) is 4.27. The van der Waals surface area contributed by atoms with Crippen LogP contribution in [0.3, 0.4) is 0 Å². The quantitative estimate of drug-likeness (QED) is 0.850. The van der Waals surface area contributed by atoms with Gasteiger partial charge in [-0.3, -0.25) is 4.98 Å². The first-order chi connectivity index (χ1) is 8.36. The van der Waals surface area contributed by atoms with E-state index in [0.717, 1.165) is 24.8 Å². The van der Waals surface area contributed by atoms with Crippen molar-refractivity contribution >= 4 is 0 Å². The minimum atomic E-state index is 0.104. The molecule has 0 bridgehead atoms. The molecule has 1 aromatic carbocycles. The number of nitrogens with two attached hydrogens (primary N) is 1. The first-order valence-electron chi connectivity index (χ1n) is 6.05. The number of hydrogen-bond acceptors (Lipinski definition) is 2. The molecule has 0 spiro atoms. The van der Waals surface area contributed by atoms with Gasteiger partial charge in [0.2, 0.25) is 0 Å². The van der Waals surface area contributed by atoms with Crippen LogP contribution < -0.4 is 5.73 Å². The van der Waals surface area contributed by atoms with Crippen LogP contribution >= 0.6 is 0 Å². The molecule has 1 atom stereocenters. The highest BCUT2D eigenvalue weighted by molar-refractivity contribution is 5.15. The van der Waals surface area contributed by atoms with Gasteiger partial charge in [0.05, 0.1) is 0 Å². The molecule has 2 N–H and O–H groups in total. The maximum Gasteiger partial charge on any atom is 0.0315 e. The molecule has 2 aromatic rings. The van der Waals surface area contributed by atoms with Crippen molar-refractivity contribution in [2.24, 2.45) is 5.73 Å². The average molecular weight is 226 g/mol. The number of pyridine rings is 1. The molecule has 0 saturated heterocycles. The van der Waals surface area contributed by atoms with Crippen LogP contribution in [0, 0.1) is 0 Å². The molecule has 88 valence electrons. The molecule has 0 radical (unpaired) electrons. The predicted octanol–water partition coefficient (Wildman–Crippen LogP) is 3.10. The highest BCUT2D eigenvalue weighted by Crippen LogP contribution is 2.16. The van der Waals surface area contributed by atoms with Gasteiger partial charge >= 0.3 is 0 Å². The Labute approximate surface area is 103 Å². The van der Waals surface area contributed by atoms with Crippen molar-refractivity contribution in [2.45, 2.75) is 25.3 Å². The van der Waals surface area contributed by atoms with Crippen molar-refractivity contribution in [3.63, 3.8) is 0 Å². The summed E-state index contributed by atoms with van der Waals surface area (Å²) in [5.74, 6) is 0. The van der Waals surface area contributed by atoms with E-state index in [2.05, 4.69) is 29.2 Å². The Hall–Kier alpha value is -1.67. The van der Waals surface area contributed by atoms with Crippen molar-refractivity contribution in [3.05, 3.63) is 66.0 Å². The second kappa shape index (κ2) is 6.16. The second-order valence-corrected chi connectivity index (χ2v) is 4.27. The summed E-state index contributed by atoms with van der Waals surface area (Å²) in [5, 5.41) is 0. The van der Waals surface area contributed by atoms with Gasteiger partial charge in [-0.2, -0.15) is 0 Å². The summed E-state index contributed by atoms with van der Waals surface area (Å²) >= 11 is 0. The topological polar surface area (TPSA) is 38.9 Å². The molecule has 0 aliphatic rings. The maximum absolute atomic E-state index is 6.12. The molecule has 1 heterocycles. The van der Waals surface area contributed by atoms with Gasteiger partial charge in [0.1, 0.15) is 0 Å². The molecule has 2 heteroatoms. The van der Waals surface area contributed by atoms with E-state index >= 15 is 0 Å². The van der Waals surface area contributed by atoms with E-state index < -0.39 is 0 Å². The molecule has 17 heavy (non-hydrogen) atoms. The Kier molecular flexibility index (Phi) is 4.28. The van der Waals surface area contributed by atoms with E-state index in [-0.39, 0.29) is 6.04 Å². The van der Waals surface area contributed by atoms with E-state index in [0.29, 0.717) is 0 Å². The number of hydrogen-bond donors (Lipinski definition) is 1. The highest BCUT2D eigenvalue weighted by Gasteiger charge is 2.05. The fourth-order valence-electron chi connectivity index (χ4n) is 1.93. The Bertz CT molecular complexity index is 425. The van der Waals surface area contributed by atoms with Crippen LogP contribution in [0.5, 0.6) is 0 Å². The largest absolute Gasteiger partial charge is 0.324 e. The summed E-state index contributed by atoms with van der Waals surface area (Å²) in [6, 6.07) is 14.6. The van der Waals surface area contributed by atoms with Gasteiger partial charge < -0.3 is 5.73 Å². The van der Waals surface area contributed by atoms with Crippen molar-refractivity contribution in [1.29, 1.82) is 0 Å². The molecule has 0 saturated carbocycles. The molecule has 0 aliphatic heterocycles. The Morgan fingerprint density at radius 2 is 1.88 bits per heavy atom. The molecule has 0 fully saturated rings. The molecule has 2 rings (SSSR count). The fraction of sp³-hybridized carbons (Fsp3) is 0.267. The molecular weight excluding hydrogens is 208 g/mol. The number of aryl methyl sites for hydroxylation is 1. The van der Waals surface area contributed by atoms with Crippen LogP contribution in [0.4, 0.5) is 0 Å². The summed E-state index contributed by atoms with van der Waals surface area (Å²) < 4.78 is 0. The minimum absolute atomic E-state index is 0.104. The van der Waals surface area contributed by atoms with Gasteiger partial charge in [0, 0.05) is 18.4 Å². The lowest BCUT2D eigenvalue weighted by Crippen LogP contribution is -2.10. The monoisotopic (exact) mass is 226 g/mol.